The largest absolute Gasteiger partial charge is 0.598 e. The van der Waals surface area contributed by atoms with Crippen molar-refractivity contribution in [3.05, 3.63) is 58.4 Å². The number of aryl methyl sites for hydroxylation is 2. The lowest BCUT2D eigenvalue weighted by molar-refractivity contribution is -0.140. The maximum atomic E-state index is 15.1. The maximum absolute atomic E-state index is 15.1. The van der Waals surface area contributed by atoms with Gasteiger partial charge in [-0.05, 0) is 69.0 Å². The fourth-order valence-electron chi connectivity index (χ4n) is 3.22. The van der Waals surface area contributed by atoms with Crippen molar-refractivity contribution in [2.45, 2.75) is 58.0 Å². The monoisotopic (exact) mass is 459 g/mol. The lowest BCUT2D eigenvalue weighted by Crippen LogP contribution is -2.42. The van der Waals surface area contributed by atoms with Gasteiger partial charge in [0.15, 0.2) is 0 Å². The molecule has 0 aromatic heterocycles. The molecule has 0 amide bonds. The Morgan fingerprint density at radius 3 is 2.16 bits per heavy atom. The van der Waals surface area contributed by atoms with Gasteiger partial charge in [0, 0.05) is 16.9 Å². The summed E-state index contributed by atoms with van der Waals surface area (Å²) in [5, 5.41) is 9.27. The predicted molar refractivity (Wildman–Crippen MR) is 112 cm³/mol. The third-order valence-electron chi connectivity index (χ3n) is 4.74. The summed E-state index contributed by atoms with van der Waals surface area (Å²) in [6.45, 7) is 8.27. The number of halogens is 4. The quantitative estimate of drug-likeness (QED) is 0.430. The van der Waals surface area contributed by atoms with E-state index < -0.39 is 57.7 Å². The van der Waals surface area contributed by atoms with E-state index in [0.29, 0.717) is 16.7 Å². The molecule has 4 nitrogen and oxygen atoms in total. The minimum Gasteiger partial charge on any atom is -0.598 e. The van der Waals surface area contributed by atoms with Gasteiger partial charge in [-0.25, -0.2) is 4.39 Å². The van der Waals surface area contributed by atoms with Crippen LogP contribution in [0.25, 0.3) is 11.1 Å². The van der Waals surface area contributed by atoms with Gasteiger partial charge in [0.2, 0.25) is 0 Å². The van der Waals surface area contributed by atoms with Gasteiger partial charge in [0.25, 0.3) is 0 Å². The van der Waals surface area contributed by atoms with Crippen LogP contribution in [0.4, 0.5) is 17.6 Å². The third-order valence-corrected chi connectivity index (χ3v) is 6.35. The van der Waals surface area contributed by atoms with Gasteiger partial charge in [-0.3, -0.25) is 4.79 Å². The van der Waals surface area contributed by atoms with Crippen LogP contribution in [0.5, 0.6) is 0 Å². The number of carbonyl (C=O) groups is 1. The van der Waals surface area contributed by atoms with Gasteiger partial charge in [-0.2, -0.15) is 13.2 Å². The summed E-state index contributed by atoms with van der Waals surface area (Å²) in [6.07, 6.45) is -5.74. The molecular formula is C22H25F4NO3S. The van der Waals surface area contributed by atoms with Crippen LogP contribution in [0.15, 0.2) is 30.3 Å². The van der Waals surface area contributed by atoms with Crippen LogP contribution in [-0.4, -0.2) is 20.4 Å². The van der Waals surface area contributed by atoms with Crippen LogP contribution in [0, 0.1) is 19.7 Å². The zero-order valence-electron chi connectivity index (χ0n) is 17.9. The van der Waals surface area contributed by atoms with Crippen LogP contribution >= 0.6 is 0 Å². The Bertz CT molecular complexity index is 950. The number of aliphatic carboxylic acids is 1. The number of rotatable bonds is 6. The molecule has 9 heteroatoms. The van der Waals surface area contributed by atoms with Gasteiger partial charge < -0.3 is 9.66 Å². The van der Waals surface area contributed by atoms with Crippen LogP contribution in [-0.2, 0) is 22.3 Å². The lowest BCUT2D eigenvalue weighted by Gasteiger charge is -2.28. The second-order valence-corrected chi connectivity index (χ2v) is 10.3. The van der Waals surface area contributed by atoms with E-state index >= 15 is 4.39 Å². The molecule has 2 atom stereocenters. The van der Waals surface area contributed by atoms with Crippen molar-refractivity contribution in [2.24, 2.45) is 0 Å². The van der Waals surface area contributed by atoms with Crippen molar-refractivity contribution in [3.63, 3.8) is 0 Å². The first-order valence-electron chi connectivity index (χ1n) is 9.50. The Hall–Kier alpha value is -2.10. The van der Waals surface area contributed by atoms with E-state index in [4.69, 9.17) is 0 Å². The molecule has 2 N–H and O–H groups in total. The normalized spacial score (nSPS) is 14.4. The minimum atomic E-state index is -5.00. The molecular weight excluding hydrogens is 434 g/mol. The number of benzene rings is 2. The molecule has 0 bridgehead atoms. The summed E-state index contributed by atoms with van der Waals surface area (Å²) in [7, 11) is 0. The molecule has 0 radical (unpaired) electrons. The highest BCUT2D eigenvalue weighted by molar-refractivity contribution is 7.90. The molecule has 2 rings (SSSR count). The summed E-state index contributed by atoms with van der Waals surface area (Å²) in [4.78, 5) is 11.4. The summed E-state index contributed by atoms with van der Waals surface area (Å²) in [5.41, 5.74) is -0.00873. The van der Waals surface area contributed by atoms with E-state index in [9.17, 15) is 27.6 Å². The summed E-state index contributed by atoms with van der Waals surface area (Å²) in [5.74, 6) is -2.94. The van der Waals surface area contributed by atoms with Crippen LogP contribution in [0.2, 0.25) is 0 Å². The molecule has 0 saturated heterocycles. The van der Waals surface area contributed by atoms with Crippen molar-refractivity contribution in [3.8, 4) is 11.1 Å². The Kier molecular flexibility index (Phi) is 7.45. The second kappa shape index (κ2) is 9.18. The van der Waals surface area contributed by atoms with Gasteiger partial charge in [0.1, 0.15) is 10.6 Å². The average molecular weight is 460 g/mol. The molecule has 0 fully saturated rings. The zero-order valence-corrected chi connectivity index (χ0v) is 18.7. The smallest absolute Gasteiger partial charge is 0.419 e. The van der Waals surface area contributed by atoms with Crippen LogP contribution < -0.4 is 4.72 Å². The van der Waals surface area contributed by atoms with Crippen molar-refractivity contribution >= 4 is 17.3 Å². The average Bonchev–Trinajstić information content (AvgIpc) is 2.59. The zero-order chi connectivity index (χ0) is 23.7. The van der Waals surface area contributed by atoms with Gasteiger partial charge >= 0.3 is 12.1 Å². The topological polar surface area (TPSA) is 72.4 Å². The molecule has 0 heterocycles. The Morgan fingerprint density at radius 2 is 1.71 bits per heavy atom. The number of hydrogen-bond acceptors (Lipinski definition) is 3. The predicted octanol–water partition coefficient (Wildman–Crippen LogP) is 5.70. The SMILES string of the molecule is Cc1cccc(C)c1-c1cc(C(CC(=O)O)N[S@+]([O-])C(C)(C)C)c(F)c(C(F)(F)F)c1. The molecule has 0 spiro atoms. The molecule has 2 aromatic carbocycles. The van der Waals surface area contributed by atoms with Crippen LogP contribution in [0.1, 0.15) is 55.5 Å². The third kappa shape index (κ3) is 5.99. The second-order valence-electron chi connectivity index (χ2n) is 8.34. The van der Waals surface area contributed by atoms with Gasteiger partial charge in [-0.15, -0.1) is 4.72 Å². The highest BCUT2D eigenvalue weighted by atomic mass is 32.2. The minimum absolute atomic E-state index is 0.109. The van der Waals surface area contributed by atoms with E-state index in [1.165, 1.54) is 6.07 Å². The van der Waals surface area contributed by atoms with Crippen molar-refractivity contribution in [2.75, 3.05) is 0 Å². The van der Waals surface area contributed by atoms with E-state index in [1.54, 1.807) is 52.8 Å². The molecule has 0 aliphatic rings. The summed E-state index contributed by atoms with van der Waals surface area (Å²) < 4.78 is 70.3. The number of nitrogens with one attached hydrogen (secondary N) is 1. The molecule has 170 valence electrons. The Morgan fingerprint density at radius 1 is 1.16 bits per heavy atom. The molecule has 0 aliphatic carbocycles. The van der Waals surface area contributed by atoms with Crippen molar-refractivity contribution < 1.29 is 32.0 Å². The fourth-order valence-corrected chi connectivity index (χ4v) is 4.04. The van der Waals surface area contributed by atoms with Crippen LogP contribution in [0.3, 0.4) is 0 Å². The van der Waals surface area contributed by atoms with E-state index in [-0.39, 0.29) is 5.56 Å². The number of alkyl halides is 3. The maximum Gasteiger partial charge on any atom is 0.419 e. The van der Waals surface area contributed by atoms with E-state index in [2.05, 4.69) is 4.72 Å². The number of hydrogen-bond donors (Lipinski definition) is 2. The first kappa shape index (κ1) is 25.2. The lowest BCUT2D eigenvalue weighted by atomic mass is 9.90. The number of carboxylic acids is 1. The Labute approximate surface area is 182 Å². The van der Waals surface area contributed by atoms with Crippen molar-refractivity contribution in [1.29, 1.82) is 0 Å². The highest BCUT2D eigenvalue weighted by Crippen LogP contribution is 2.40. The first-order valence-corrected chi connectivity index (χ1v) is 10.6. The van der Waals surface area contributed by atoms with Gasteiger partial charge in [0.05, 0.1) is 18.0 Å². The Balaban J connectivity index is 2.77. The molecule has 1 unspecified atom stereocenters. The standard InChI is InChI=1S/C22H25F4NO3S/c1-12-7-6-8-13(2)19(12)14-9-15(20(23)16(10-14)22(24,25)26)17(11-18(28)29)27-31(30)21(3,4)5/h6-10,17,27H,11H2,1-5H3,(H,28,29)/t17?,31-/m1/s1. The first-order chi connectivity index (χ1) is 14.1. The van der Waals surface area contributed by atoms with Crippen molar-refractivity contribution in [1.82, 2.24) is 4.72 Å². The fraction of sp³-hybridized carbons (Fsp3) is 0.409. The summed E-state index contributed by atoms with van der Waals surface area (Å²) in [6, 6.07) is 5.71. The summed E-state index contributed by atoms with van der Waals surface area (Å²) >= 11 is -1.84. The van der Waals surface area contributed by atoms with Gasteiger partial charge in [-0.1, -0.05) is 18.2 Å². The van der Waals surface area contributed by atoms with E-state index in [1.807, 2.05) is 0 Å². The highest BCUT2D eigenvalue weighted by Gasteiger charge is 2.39. The molecule has 0 saturated carbocycles. The molecule has 0 aliphatic heterocycles. The number of carboxylic acid groups (broad SMARTS) is 1. The molecule has 2 aromatic rings. The molecule has 31 heavy (non-hydrogen) atoms. The van der Waals surface area contributed by atoms with E-state index in [0.717, 1.165) is 6.07 Å².